The molecule has 9 aliphatic rings. The Morgan fingerprint density at radius 3 is 1.67 bits per heavy atom. The maximum Gasteiger partial charge on any atom is 0.330 e. The molecule has 0 radical (unpaired) electrons. The second kappa shape index (κ2) is 37.2. The normalized spacial score (nSPS) is 29.7. The van der Waals surface area contributed by atoms with Crippen molar-refractivity contribution in [2.75, 3.05) is 19.8 Å². The average Bonchev–Trinajstić information content (AvgIpc) is 0.755. The summed E-state index contributed by atoms with van der Waals surface area (Å²) in [6.07, 6.45) is -29.1. The number of fused-ring (bicyclic) bond motifs is 14. The van der Waals surface area contributed by atoms with Crippen molar-refractivity contribution in [1.82, 2.24) is 42.5 Å². The molecule has 9 aliphatic heterocycles. The van der Waals surface area contributed by atoms with Crippen LogP contribution in [0.3, 0.4) is 0 Å². The molecule has 25 N–H and O–H groups in total. The predicted molar refractivity (Wildman–Crippen MR) is 425 cm³/mol. The molecule has 44 heteroatoms. The molecule has 7 aromatic carbocycles. The number of halogens is 2. The molecule has 0 aromatic heterocycles. The molecular formula is C82H85Cl2N9O33. The molecule has 3 saturated heterocycles. The number of ether oxygens (including phenoxy) is 9. The van der Waals surface area contributed by atoms with Crippen LogP contribution in [-0.4, -0.2) is 254 Å². The Labute approximate surface area is 721 Å². The van der Waals surface area contributed by atoms with Gasteiger partial charge >= 0.3 is 5.97 Å². The molecule has 42 nitrogen and oxygen atoms in total. The number of carboxylic acids is 1. The van der Waals surface area contributed by atoms with Crippen LogP contribution in [0.4, 0.5) is 0 Å². The highest BCUT2D eigenvalue weighted by molar-refractivity contribution is 6.32. The van der Waals surface area contributed by atoms with E-state index < -0.39 is 316 Å². The fourth-order valence-corrected chi connectivity index (χ4v) is 16.0. The van der Waals surface area contributed by atoms with E-state index in [0.717, 1.165) is 91.9 Å². The van der Waals surface area contributed by atoms with Gasteiger partial charge in [-0.1, -0.05) is 54.4 Å². The molecule has 0 unspecified atom stereocenters. The first-order chi connectivity index (χ1) is 60.0. The quantitative estimate of drug-likeness (QED) is 0.0609. The lowest BCUT2D eigenvalue weighted by atomic mass is 9.89. The fourth-order valence-electron chi connectivity index (χ4n) is 15.5. The van der Waals surface area contributed by atoms with Crippen LogP contribution in [0.2, 0.25) is 10.0 Å². The third kappa shape index (κ3) is 18.5. The highest BCUT2D eigenvalue weighted by Gasteiger charge is 2.52. The van der Waals surface area contributed by atoms with Crippen molar-refractivity contribution in [1.29, 1.82) is 0 Å². The number of nitrogens with one attached hydrogen (secondary N) is 8. The predicted octanol–water partition coefficient (Wildman–Crippen LogP) is -1.18. The van der Waals surface area contributed by atoms with E-state index in [9.17, 15) is 95.8 Å². The number of phenolic OH excluding ortho intramolecular Hbond substituents is 4. The number of carbonyl (C=O) groups is 9. The molecular weight excluding hydrogens is 1710 g/mol. The molecule has 670 valence electrons. The van der Waals surface area contributed by atoms with Crippen molar-refractivity contribution in [2.24, 2.45) is 5.73 Å². The lowest BCUT2D eigenvalue weighted by Crippen LogP contribution is -2.65. The second-order valence-electron chi connectivity index (χ2n) is 30.6. The molecule has 0 spiro atoms. The largest absolute Gasteiger partial charge is 0.508 e. The fraction of sp³-hybridized carbons (Fsp3) is 0.378. The minimum absolute atomic E-state index is 0.0251. The van der Waals surface area contributed by atoms with Crippen LogP contribution in [0, 0.1) is 0 Å². The summed E-state index contributed by atoms with van der Waals surface area (Å²) < 4.78 is 57.0. The Hall–Kier alpha value is -12.1. The van der Waals surface area contributed by atoms with Crippen molar-refractivity contribution < 1.29 is 162 Å². The molecule has 16 rings (SSSR count). The van der Waals surface area contributed by atoms with E-state index in [-0.39, 0.29) is 46.2 Å². The van der Waals surface area contributed by atoms with Gasteiger partial charge < -0.3 is 167 Å². The number of aromatic hydroxyl groups is 4. The van der Waals surface area contributed by atoms with Gasteiger partial charge in [0.15, 0.2) is 35.3 Å². The van der Waals surface area contributed by atoms with Crippen LogP contribution < -0.4 is 72.0 Å². The first kappa shape index (κ1) is 90.2. The number of benzene rings is 7. The minimum Gasteiger partial charge on any atom is -0.508 e. The highest BCUT2D eigenvalue weighted by Crippen LogP contribution is 2.51. The van der Waals surface area contributed by atoms with E-state index in [4.69, 9.17) is 71.6 Å². The number of carboxylic acid groups (broad SMARTS) is 1. The number of aliphatic carboxylic acids is 1. The number of aliphatic hydroxyl groups is 10. The van der Waals surface area contributed by atoms with Gasteiger partial charge in [-0.3, -0.25) is 38.4 Å². The molecule has 23 atom stereocenters. The average molecular weight is 1800 g/mol. The SMILES string of the molecule is CCCC(=O)N[C@H]1[C@H](Oc2c3cc4cc2Oc2ccc(cc2Cl)[C@@H](O[C@@H]2O[C@H](CO)[C@@H](O)[C@H](O)[C@H]2NC(C)=O)[C@@H]2NC(=O)[C@H](NC(=O)[C@@H]4NC(=O)[C@H]4NC(=O)[C@@H](Cc5ccc(c(Cl)c5)O3)NC(=O)[C@H](N)c3ccc(O)c(c3)Oc3cc(O)cc4c3)c3ccc(O)c(c3)-c3c(O[C@H]4O[C@H](CO)[C@@H](O)[C@H](O)[C@@H]4O)cc(O)cc3[C@@H](C(=O)O)NC2=O)O[C@H](CO)[C@@H](O)[C@@H]1O. The van der Waals surface area contributed by atoms with Gasteiger partial charge in [-0.05, 0) is 119 Å². The van der Waals surface area contributed by atoms with Gasteiger partial charge in [0.05, 0.1) is 29.9 Å². The highest BCUT2D eigenvalue weighted by atomic mass is 35.5. The van der Waals surface area contributed by atoms with E-state index in [0.29, 0.717) is 0 Å². The number of amides is 8. The molecule has 9 heterocycles. The van der Waals surface area contributed by atoms with Gasteiger partial charge in [0.2, 0.25) is 65.6 Å². The molecule has 126 heavy (non-hydrogen) atoms. The van der Waals surface area contributed by atoms with Gasteiger partial charge in [-0.25, -0.2) is 4.79 Å². The zero-order valence-electron chi connectivity index (χ0n) is 65.9. The summed E-state index contributed by atoms with van der Waals surface area (Å²) in [4.78, 5) is 137. The third-order valence-corrected chi connectivity index (χ3v) is 22.5. The summed E-state index contributed by atoms with van der Waals surface area (Å²) >= 11 is 14.6. The molecule has 0 saturated carbocycles. The van der Waals surface area contributed by atoms with Crippen LogP contribution in [0.15, 0.2) is 115 Å². The number of carbonyl (C=O) groups excluding carboxylic acids is 8. The van der Waals surface area contributed by atoms with Crippen molar-refractivity contribution in [3.63, 3.8) is 0 Å². The van der Waals surface area contributed by atoms with Crippen LogP contribution in [-0.2, 0) is 68.5 Å². The smallest absolute Gasteiger partial charge is 0.330 e. The molecule has 0 aliphatic carbocycles. The van der Waals surface area contributed by atoms with Gasteiger partial charge in [0.1, 0.15) is 156 Å². The maximum absolute atomic E-state index is 16.9. The molecule has 17 bridgehead atoms. The van der Waals surface area contributed by atoms with Crippen LogP contribution >= 0.6 is 23.2 Å². The standard InChI is InChI=1S/C82H85Cl2N9O33/c1-3-4-54(102)88-62-68(107)65(104)52(26-95)123-81(62)126-72-49-20-34-21-50(72)120-46-12-8-32(18-41(46)84)71(125-80-61(86-28(2)97)67(106)64(103)51(25-94)122-80)63-78(115)92-60(79(116)117)39-23-36(99)24-48(121-82-70(109)69(108)66(105)53(27-96)124-82)55(39)38-17-31(7-9-43(38)100)57(75(112)93-63)90-77(114)59(34)91-76(113)58-33-15-35(98)22-37(16-33)118-47-19-30(6-10-44(47)101)56(85)74(111)87-42(73(110)89-58)14-29-5-11-45(119-49)40(83)13-29/h5-13,15-24,42,51-53,56-71,80-82,94-96,98-101,103-109H,3-4,14,25-27,85H2,1-2H3,(H,86,97)(H,87,111)(H,88,102)(H,89,110)(H,90,114)(H,91,113)(H,92,115)(H,93,112)(H,116,117)/t42-,51-,52-,53-,56-,57-,58+,59-,60+,61-,62-,63+,64-,65-,66-,67-,68-,69+,70+,71-,80+,81+,82+/m1/s1. The van der Waals surface area contributed by atoms with E-state index >= 15 is 24.0 Å². The number of hydrogen-bond donors (Lipinski definition) is 24. The van der Waals surface area contributed by atoms with Crippen molar-refractivity contribution >= 4 is 76.4 Å². The van der Waals surface area contributed by atoms with Gasteiger partial charge in [0.25, 0.3) is 0 Å². The van der Waals surface area contributed by atoms with E-state index in [1.807, 2.05) is 0 Å². The number of aliphatic hydroxyl groups excluding tert-OH is 10. The van der Waals surface area contributed by atoms with Crippen molar-refractivity contribution in [3.8, 4) is 80.1 Å². The second-order valence-corrected chi connectivity index (χ2v) is 31.4. The van der Waals surface area contributed by atoms with Crippen molar-refractivity contribution in [2.45, 2.75) is 174 Å². The maximum atomic E-state index is 16.9. The number of hydrogen-bond acceptors (Lipinski definition) is 33. The summed E-state index contributed by atoms with van der Waals surface area (Å²) in [5.41, 5.74) is 2.74. The zero-order valence-corrected chi connectivity index (χ0v) is 67.4. The Balaban J connectivity index is 1.05. The summed E-state index contributed by atoms with van der Waals surface area (Å²) in [6.45, 7) is -0.528. The Morgan fingerprint density at radius 1 is 0.500 bits per heavy atom. The first-order valence-corrected chi connectivity index (χ1v) is 39.9. The molecule has 8 amide bonds. The lowest BCUT2D eigenvalue weighted by Gasteiger charge is -2.44. The lowest BCUT2D eigenvalue weighted by molar-refractivity contribution is -0.284. The number of rotatable bonds is 14. The molecule has 3 fully saturated rings. The van der Waals surface area contributed by atoms with Crippen LogP contribution in [0.5, 0.6) is 69.0 Å². The molecule has 7 aromatic rings. The number of nitrogens with two attached hydrogens (primary N) is 1. The summed E-state index contributed by atoms with van der Waals surface area (Å²) in [7, 11) is 0. The Bertz CT molecular complexity index is 5420. The van der Waals surface area contributed by atoms with E-state index in [2.05, 4.69) is 42.5 Å². The van der Waals surface area contributed by atoms with E-state index in [1.165, 1.54) is 30.3 Å². The van der Waals surface area contributed by atoms with E-state index in [1.54, 1.807) is 6.92 Å². The van der Waals surface area contributed by atoms with Crippen molar-refractivity contribution in [3.05, 3.63) is 164 Å². The summed E-state index contributed by atoms with van der Waals surface area (Å²) in [5, 5.41) is 189. The summed E-state index contributed by atoms with van der Waals surface area (Å²) in [5.74, 6) is -19.7. The minimum atomic E-state index is -2.59. The van der Waals surface area contributed by atoms with Gasteiger partial charge in [-0.15, -0.1) is 0 Å². The monoisotopic (exact) mass is 1790 g/mol. The van der Waals surface area contributed by atoms with Crippen LogP contribution in [0.25, 0.3) is 11.1 Å². The third-order valence-electron chi connectivity index (χ3n) is 21.9. The van der Waals surface area contributed by atoms with Gasteiger partial charge in [-0.2, -0.15) is 0 Å². The topological polar surface area (TPSA) is 662 Å². The Kier molecular flexibility index (Phi) is 26.7. The zero-order chi connectivity index (χ0) is 90.5. The van der Waals surface area contributed by atoms with Gasteiger partial charge in [0, 0.05) is 48.6 Å². The first-order valence-electron chi connectivity index (χ1n) is 39.1. The summed E-state index contributed by atoms with van der Waals surface area (Å²) in [6, 6.07) is 0.523. The van der Waals surface area contributed by atoms with Crippen LogP contribution in [0.1, 0.15) is 102 Å². The number of phenols is 4. The Morgan fingerprint density at radius 2 is 1.05 bits per heavy atom.